The van der Waals surface area contributed by atoms with Crippen molar-refractivity contribution >= 4 is 5.91 Å². The molecule has 4 nitrogen and oxygen atoms in total. The molecule has 0 radical (unpaired) electrons. The third-order valence-electron chi connectivity index (χ3n) is 2.76. The highest BCUT2D eigenvalue weighted by Gasteiger charge is 2.05. The van der Waals surface area contributed by atoms with E-state index in [1.807, 2.05) is 24.3 Å². The van der Waals surface area contributed by atoms with Gasteiger partial charge in [0.2, 0.25) is 0 Å². The van der Waals surface area contributed by atoms with E-state index in [1.54, 1.807) is 12.1 Å². The molecular weight excluding hydrogens is 242 g/mol. The summed E-state index contributed by atoms with van der Waals surface area (Å²) < 4.78 is 0. The van der Waals surface area contributed by atoms with Crippen LogP contribution in [0, 0.1) is 0 Å². The predicted molar refractivity (Wildman–Crippen MR) is 71.6 cm³/mol. The van der Waals surface area contributed by atoms with Gasteiger partial charge in [0.1, 0.15) is 5.75 Å². The summed E-state index contributed by atoms with van der Waals surface area (Å²) in [5.41, 5.74) is 2.24. The van der Waals surface area contributed by atoms with Crippen molar-refractivity contribution in [3.8, 4) is 5.75 Å². The summed E-state index contributed by atoms with van der Waals surface area (Å²) in [5, 5.41) is 21.0. The number of aliphatic hydroxyl groups is 1. The third-order valence-corrected chi connectivity index (χ3v) is 2.76. The lowest BCUT2D eigenvalue weighted by atomic mass is 10.1. The number of carbonyl (C=O) groups excluding carboxylic acids is 1. The molecule has 0 aliphatic rings. The van der Waals surface area contributed by atoms with Crippen molar-refractivity contribution in [1.29, 1.82) is 0 Å². The van der Waals surface area contributed by atoms with E-state index in [2.05, 4.69) is 5.32 Å². The molecule has 98 valence electrons. The number of benzene rings is 2. The highest BCUT2D eigenvalue weighted by atomic mass is 16.3. The Kier molecular flexibility index (Phi) is 4.15. The molecule has 0 saturated heterocycles. The van der Waals surface area contributed by atoms with Gasteiger partial charge in [-0.1, -0.05) is 24.3 Å². The molecular formula is C15H15NO3. The van der Waals surface area contributed by atoms with Crippen LogP contribution >= 0.6 is 0 Å². The summed E-state index contributed by atoms with van der Waals surface area (Å²) in [6.45, 7) is 0.382. The number of aliphatic hydroxyl groups excluding tert-OH is 1. The molecule has 19 heavy (non-hydrogen) atoms. The molecule has 4 heteroatoms. The lowest BCUT2D eigenvalue weighted by Gasteiger charge is -2.06. The van der Waals surface area contributed by atoms with Crippen molar-refractivity contribution < 1.29 is 15.0 Å². The summed E-state index contributed by atoms with van der Waals surface area (Å²) in [6.07, 6.45) is 0. The summed E-state index contributed by atoms with van der Waals surface area (Å²) in [5.74, 6) is -0.0680. The van der Waals surface area contributed by atoms with Crippen LogP contribution in [0.2, 0.25) is 0 Å². The number of phenolic OH excluding ortho intramolecular Hbond substituents is 1. The Hall–Kier alpha value is -2.33. The van der Waals surface area contributed by atoms with Gasteiger partial charge in [-0.05, 0) is 35.4 Å². The molecule has 2 rings (SSSR count). The van der Waals surface area contributed by atoms with Crippen molar-refractivity contribution in [2.24, 2.45) is 0 Å². The summed E-state index contributed by atoms with van der Waals surface area (Å²) in [6, 6.07) is 13.5. The average molecular weight is 257 g/mol. The number of rotatable bonds is 4. The SMILES string of the molecule is O=C(NCc1cccc(CO)c1)c1ccc(O)cc1. The van der Waals surface area contributed by atoms with Crippen LogP contribution in [0.5, 0.6) is 5.75 Å². The van der Waals surface area contributed by atoms with E-state index in [-0.39, 0.29) is 18.3 Å². The summed E-state index contributed by atoms with van der Waals surface area (Å²) in [7, 11) is 0. The van der Waals surface area contributed by atoms with Gasteiger partial charge >= 0.3 is 0 Å². The van der Waals surface area contributed by atoms with E-state index in [0.717, 1.165) is 11.1 Å². The van der Waals surface area contributed by atoms with Gasteiger partial charge < -0.3 is 15.5 Å². The first-order chi connectivity index (χ1) is 9.19. The molecule has 0 aliphatic carbocycles. The second-order valence-corrected chi connectivity index (χ2v) is 4.21. The van der Waals surface area contributed by atoms with E-state index in [9.17, 15) is 4.79 Å². The van der Waals surface area contributed by atoms with Gasteiger partial charge in [0, 0.05) is 12.1 Å². The molecule has 1 amide bonds. The van der Waals surface area contributed by atoms with Crippen LogP contribution in [0.25, 0.3) is 0 Å². The van der Waals surface area contributed by atoms with Crippen molar-refractivity contribution in [3.63, 3.8) is 0 Å². The lowest BCUT2D eigenvalue weighted by molar-refractivity contribution is 0.0951. The van der Waals surface area contributed by atoms with Crippen molar-refractivity contribution in [3.05, 3.63) is 65.2 Å². The maximum absolute atomic E-state index is 11.8. The second-order valence-electron chi connectivity index (χ2n) is 4.21. The first kappa shape index (κ1) is 13.1. The summed E-state index contributed by atoms with van der Waals surface area (Å²) in [4.78, 5) is 11.8. The molecule has 0 aromatic heterocycles. The van der Waals surface area contributed by atoms with E-state index in [0.29, 0.717) is 12.1 Å². The van der Waals surface area contributed by atoms with Gasteiger partial charge in [-0.25, -0.2) is 0 Å². The van der Waals surface area contributed by atoms with Gasteiger partial charge in [-0.3, -0.25) is 4.79 Å². The smallest absolute Gasteiger partial charge is 0.251 e. The minimum Gasteiger partial charge on any atom is -0.508 e. The fourth-order valence-electron chi connectivity index (χ4n) is 1.74. The Morgan fingerprint density at radius 2 is 1.74 bits per heavy atom. The monoisotopic (exact) mass is 257 g/mol. The number of carbonyl (C=O) groups is 1. The number of phenols is 1. The van der Waals surface area contributed by atoms with E-state index in [4.69, 9.17) is 10.2 Å². The fraction of sp³-hybridized carbons (Fsp3) is 0.133. The zero-order chi connectivity index (χ0) is 13.7. The van der Waals surface area contributed by atoms with Gasteiger partial charge in [-0.2, -0.15) is 0 Å². The van der Waals surface area contributed by atoms with Crippen molar-refractivity contribution in [1.82, 2.24) is 5.32 Å². The van der Waals surface area contributed by atoms with Crippen LogP contribution in [0.15, 0.2) is 48.5 Å². The van der Waals surface area contributed by atoms with Crippen LogP contribution in [0.1, 0.15) is 21.5 Å². The van der Waals surface area contributed by atoms with Crippen molar-refractivity contribution in [2.45, 2.75) is 13.2 Å². The molecule has 0 unspecified atom stereocenters. The van der Waals surface area contributed by atoms with Crippen molar-refractivity contribution in [2.75, 3.05) is 0 Å². The molecule has 0 saturated carbocycles. The Balaban J connectivity index is 1.98. The van der Waals surface area contributed by atoms with Gasteiger partial charge in [0.05, 0.1) is 6.61 Å². The zero-order valence-corrected chi connectivity index (χ0v) is 10.3. The first-order valence-corrected chi connectivity index (χ1v) is 5.95. The highest BCUT2D eigenvalue weighted by molar-refractivity contribution is 5.94. The van der Waals surface area contributed by atoms with E-state index in [1.165, 1.54) is 12.1 Å². The third kappa shape index (κ3) is 3.56. The Morgan fingerprint density at radius 3 is 2.42 bits per heavy atom. The van der Waals surface area contributed by atoms with Gasteiger partial charge in [-0.15, -0.1) is 0 Å². The van der Waals surface area contributed by atoms with E-state index >= 15 is 0 Å². The highest BCUT2D eigenvalue weighted by Crippen LogP contribution is 2.10. The van der Waals surface area contributed by atoms with Crippen LogP contribution in [-0.4, -0.2) is 16.1 Å². The van der Waals surface area contributed by atoms with E-state index < -0.39 is 0 Å². The Bertz CT molecular complexity index is 564. The topological polar surface area (TPSA) is 69.6 Å². The molecule has 3 N–H and O–H groups in total. The summed E-state index contributed by atoms with van der Waals surface area (Å²) >= 11 is 0. The van der Waals surface area contributed by atoms with Gasteiger partial charge in [0.15, 0.2) is 0 Å². The number of nitrogens with one attached hydrogen (secondary N) is 1. The Labute approximate surface area is 111 Å². The number of hydrogen-bond acceptors (Lipinski definition) is 3. The minimum absolute atomic E-state index is 0.0141. The molecule has 0 fully saturated rings. The molecule has 2 aromatic rings. The lowest BCUT2D eigenvalue weighted by Crippen LogP contribution is -2.22. The average Bonchev–Trinajstić information content (AvgIpc) is 2.46. The fourth-order valence-corrected chi connectivity index (χ4v) is 1.74. The van der Waals surface area contributed by atoms with Crippen LogP contribution in [0.4, 0.5) is 0 Å². The minimum atomic E-state index is -0.200. The zero-order valence-electron chi connectivity index (χ0n) is 10.3. The maximum Gasteiger partial charge on any atom is 0.251 e. The largest absolute Gasteiger partial charge is 0.508 e. The molecule has 0 spiro atoms. The number of amides is 1. The Morgan fingerprint density at radius 1 is 1.05 bits per heavy atom. The molecule has 2 aromatic carbocycles. The standard InChI is InChI=1S/C15H15NO3/c17-10-12-3-1-2-11(8-12)9-16-15(19)13-4-6-14(18)7-5-13/h1-8,17-18H,9-10H2,(H,16,19). The second kappa shape index (κ2) is 6.02. The maximum atomic E-state index is 11.8. The van der Waals surface area contributed by atoms with Crippen LogP contribution in [0.3, 0.4) is 0 Å². The number of aromatic hydroxyl groups is 1. The molecule has 0 aliphatic heterocycles. The number of hydrogen-bond donors (Lipinski definition) is 3. The molecule has 0 atom stereocenters. The molecule has 0 bridgehead atoms. The molecule has 0 heterocycles. The first-order valence-electron chi connectivity index (χ1n) is 5.95. The predicted octanol–water partition coefficient (Wildman–Crippen LogP) is 1.81. The normalized spacial score (nSPS) is 10.2. The quantitative estimate of drug-likeness (QED) is 0.782. The van der Waals surface area contributed by atoms with Crippen LogP contribution < -0.4 is 5.32 Å². The van der Waals surface area contributed by atoms with Gasteiger partial charge in [0.25, 0.3) is 5.91 Å². The van der Waals surface area contributed by atoms with Crippen LogP contribution in [-0.2, 0) is 13.2 Å².